The van der Waals surface area contributed by atoms with Crippen LogP contribution in [0, 0.1) is 0 Å². The first-order valence-electron chi connectivity index (χ1n) is 8.22. The van der Waals surface area contributed by atoms with Crippen LogP contribution in [0.25, 0.3) is 0 Å². The van der Waals surface area contributed by atoms with Gasteiger partial charge in [0, 0.05) is 18.4 Å². The van der Waals surface area contributed by atoms with Gasteiger partial charge in [-0.25, -0.2) is 4.79 Å². The third-order valence-corrected chi connectivity index (χ3v) is 4.20. The SMILES string of the molecule is CCC(C)(NC(=O)CCC(=O)c1ccc2c(c1)OCCO2)C(=O)OC. The number of ketones is 1. The van der Waals surface area contributed by atoms with Gasteiger partial charge in [0.15, 0.2) is 17.3 Å². The fraction of sp³-hybridized carbons (Fsp3) is 0.500. The van der Waals surface area contributed by atoms with Gasteiger partial charge >= 0.3 is 5.97 Å². The van der Waals surface area contributed by atoms with Crippen molar-refractivity contribution in [2.24, 2.45) is 0 Å². The molecule has 1 aliphatic heterocycles. The van der Waals surface area contributed by atoms with Gasteiger partial charge in [-0.3, -0.25) is 9.59 Å². The summed E-state index contributed by atoms with van der Waals surface area (Å²) in [6.07, 6.45) is 0.411. The van der Waals surface area contributed by atoms with Gasteiger partial charge in [-0.15, -0.1) is 0 Å². The lowest BCUT2D eigenvalue weighted by molar-refractivity contribution is -0.150. The minimum absolute atomic E-state index is 0.0140. The molecule has 1 N–H and O–H groups in total. The lowest BCUT2D eigenvalue weighted by atomic mass is 9.98. The average Bonchev–Trinajstić information content (AvgIpc) is 2.64. The van der Waals surface area contributed by atoms with Crippen molar-refractivity contribution in [2.45, 2.75) is 38.6 Å². The van der Waals surface area contributed by atoms with E-state index in [4.69, 9.17) is 14.2 Å². The maximum absolute atomic E-state index is 12.3. The summed E-state index contributed by atoms with van der Waals surface area (Å²) in [7, 11) is 1.27. The molecule has 7 nitrogen and oxygen atoms in total. The van der Waals surface area contributed by atoms with Crippen LogP contribution in [0.15, 0.2) is 18.2 Å². The zero-order valence-corrected chi connectivity index (χ0v) is 14.7. The van der Waals surface area contributed by atoms with Crippen molar-refractivity contribution in [3.05, 3.63) is 23.8 Å². The molecule has 1 aromatic carbocycles. The number of benzene rings is 1. The Hall–Kier alpha value is -2.57. The average molecular weight is 349 g/mol. The van der Waals surface area contributed by atoms with Crippen LogP contribution in [-0.2, 0) is 14.3 Å². The van der Waals surface area contributed by atoms with E-state index in [1.807, 2.05) is 0 Å². The number of fused-ring (bicyclic) bond motifs is 1. The molecule has 0 saturated carbocycles. The van der Waals surface area contributed by atoms with Crippen molar-refractivity contribution in [3.8, 4) is 11.5 Å². The number of ether oxygens (including phenoxy) is 3. The van der Waals surface area contributed by atoms with E-state index in [2.05, 4.69) is 5.32 Å². The van der Waals surface area contributed by atoms with Crippen molar-refractivity contribution >= 4 is 17.7 Å². The highest BCUT2D eigenvalue weighted by molar-refractivity contribution is 5.99. The summed E-state index contributed by atoms with van der Waals surface area (Å²) in [6, 6.07) is 4.96. The van der Waals surface area contributed by atoms with E-state index in [9.17, 15) is 14.4 Å². The molecule has 0 spiro atoms. The highest BCUT2D eigenvalue weighted by Gasteiger charge is 2.34. The molecule has 1 unspecified atom stereocenters. The number of hydrogen-bond acceptors (Lipinski definition) is 6. The van der Waals surface area contributed by atoms with Gasteiger partial charge in [0.05, 0.1) is 7.11 Å². The molecule has 1 aromatic rings. The summed E-state index contributed by atoms with van der Waals surface area (Å²) < 4.78 is 15.6. The van der Waals surface area contributed by atoms with Crippen molar-refractivity contribution < 1.29 is 28.6 Å². The minimum Gasteiger partial charge on any atom is -0.486 e. The van der Waals surface area contributed by atoms with Crippen molar-refractivity contribution in [1.29, 1.82) is 0 Å². The zero-order valence-electron chi connectivity index (χ0n) is 14.7. The Bertz CT molecular complexity index is 672. The molecule has 7 heteroatoms. The maximum Gasteiger partial charge on any atom is 0.331 e. The van der Waals surface area contributed by atoms with Gasteiger partial charge in [0.25, 0.3) is 0 Å². The standard InChI is InChI=1S/C18H23NO6/c1-4-18(2,17(22)23-3)19-16(21)8-6-13(20)12-5-7-14-15(11-12)25-10-9-24-14/h5,7,11H,4,6,8-10H2,1-3H3,(H,19,21). The molecule has 136 valence electrons. The molecular formula is C18H23NO6. The van der Waals surface area contributed by atoms with Crippen molar-refractivity contribution in [3.63, 3.8) is 0 Å². The summed E-state index contributed by atoms with van der Waals surface area (Å²) in [5.41, 5.74) is -0.630. The lowest BCUT2D eigenvalue weighted by Gasteiger charge is -2.26. The van der Waals surface area contributed by atoms with E-state index in [1.165, 1.54) is 7.11 Å². The Labute approximate surface area is 146 Å². The molecule has 25 heavy (non-hydrogen) atoms. The number of esters is 1. The Morgan fingerprint density at radius 2 is 1.84 bits per heavy atom. The topological polar surface area (TPSA) is 90.9 Å². The van der Waals surface area contributed by atoms with E-state index in [1.54, 1.807) is 32.0 Å². The summed E-state index contributed by atoms with van der Waals surface area (Å²) in [4.78, 5) is 36.1. The van der Waals surface area contributed by atoms with Gasteiger partial charge in [0.2, 0.25) is 5.91 Å². The Kier molecular flexibility index (Phi) is 6.01. The first-order valence-corrected chi connectivity index (χ1v) is 8.22. The molecule has 1 heterocycles. The molecular weight excluding hydrogens is 326 g/mol. The second-order valence-corrected chi connectivity index (χ2v) is 6.01. The molecule has 1 atom stereocenters. The maximum atomic E-state index is 12.3. The number of rotatable bonds is 7. The fourth-order valence-electron chi connectivity index (χ4n) is 2.47. The van der Waals surface area contributed by atoms with Gasteiger partial charge in [0.1, 0.15) is 18.8 Å². The van der Waals surface area contributed by atoms with E-state index in [-0.39, 0.29) is 24.5 Å². The van der Waals surface area contributed by atoms with Crippen LogP contribution in [0.3, 0.4) is 0 Å². The van der Waals surface area contributed by atoms with Gasteiger partial charge in [-0.1, -0.05) is 6.92 Å². The largest absolute Gasteiger partial charge is 0.486 e. The van der Waals surface area contributed by atoms with Crippen LogP contribution in [-0.4, -0.2) is 43.5 Å². The molecule has 0 aromatic heterocycles. The minimum atomic E-state index is -1.09. The van der Waals surface area contributed by atoms with Crippen LogP contribution >= 0.6 is 0 Å². The third kappa shape index (κ3) is 4.49. The first kappa shape index (κ1) is 18.8. The van der Waals surface area contributed by atoms with E-state index < -0.39 is 11.5 Å². The van der Waals surface area contributed by atoms with Crippen molar-refractivity contribution in [1.82, 2.24) is 5.32 Å². The Balaban J connectivity index is 1.93. The molecule has 0 bridgehead atoms. The highest BCUT2D eigenvalue weighted by atomic mass is 16.6. The van der Waals surface area contributed by atoms with E-state index in [0.29, 0.717) is 36.7 Å². The predicted molar refractivity (Wildman–Crippen MR) is 89.9 cm³/mol. The quantitative estimate of drug-likeness (QED) is 0.597. The highest BCUT2D eigenvalue weighted by Crippen LogP contribution is 2.31. The first-order chi connectivity index (χ1) is 11.9. The smallest absolute Gasteiger partial charge is 0.331 e. The molecule has 1 aliphatic rings. The van der Waals surface area contributed by atoms with Crippen LogP contribution in [0.4, 0.5) is 0 Å². The zero-order chi connectivity index (χ0) is 18.4. The Morgan fingerprint density at radius 3 is 2.48 bits per heavy atom. The van der Waals surface area contributed by atoms with Gasteiger partial charge in [-0.2, -0.15) is 0 Å². The monoisotopic (exact) mass is 349 g/mol. The lowest BCUT2D eigenvalue weighted by Crippen LogP contribution is -2.52. The van der Waals surface area contributed by atoms with Gasteiger partial charge < -0.3 is 19.5 Å². The number of nitrogens with one attached hydrogen (secondary N) is 1. The predicted octanol–water partition coefficient (Wildman–Crippen LogP) is 1.88. The normalized spacial score (nSPS) is 15.0. The van der Waals surface area contributed by atoms with Crippen LogP contribution < -0.4 is 14.8 Å². The number of carbonyl (C=O) groups is 3. The van der Waals surface area contributed by atoms with Crippen LogP contribution in [0.1, 0.15) is 43.5 Å². The van der Waals surface area contributed by atoms with Gasteiger partial charge in [-0.05, 0) is 31.5 Å². The molecule has 0 fully saturated rings. The summed E-state index contributed by atoms with van der Waals surface area (Å²) in [5, 5.41) is 2.64. The summed E-state index contributed by atoms with van der Waals surface area (Å²) in [6.45, 7) is 4.30. The molecule has 0 radical (unpaired) electrons. The molecule has 0 aliphatic carbocycles. The number of amides is 1. The summed E-state index contributed by atoms with van der Waals surface area (Å²) >= 11 is 0. The number of methoxy groups -OCH3 is 1. The fourth-order valence-corrected chi connectivity index (χ4v) is 2.47. The number of Topliss-reactive ketones (excluding diaryl/α,β-unsaturated/α-hetero) is 1. The van der Waals surface area contributed by atoms with E-state index >= 15 is 0 Å². The van der Waals surface area contributed by atoms with Crippen molar-refractivity contribution in [2.75, 3.05) is 20.3 Å². The third-order valence-electron chi connectivity index (χ3n) is 4.20. The van der Waals surface area contributed by atoms with Crippen LogP contribution in [0.5, 0.6) is 11.5 Å². The molecule has 1 amide bonds. The Morgan fingerprint density at radius 1 is 1.16 bits per heavy atom. The molecule has 0 saturated heterocycles. The second-order valence-electron chi connectivity index (χ2n) is 6.01. The van der Waals surface area contributed by atoms with E-state index in [0.717, 1.165) is 0 Å². The summed E-state index contributed by atoms with van der Waals surface area (Å²) in [5.74, 6) is 0.0775. The van der Waals surface area contributed by atoms with Crippen LogP contribution in [0.2, 0.25) is 0 Å². The second kappa shape index (κ2) is 8.00. The number of hydrogen-bond donors (Lipinski definition) is 1. The molecule has 2 rings (SSSR count). The number of carbonyl (C=O) groups excluding carboxylic acids is 3.